The Morgan fingerprint density at radius 3 is 2.74 bits per heavy atom. The molecule has 1 atom stereocenters. The zero-order valence-electron chi connectivity index (χ0n) is 10.5. The molecule has 0 spiro atoms. The molecule has 94 valence electrons. The van der Waals surface area contributed by atoms with Gasteiger partial charge in [-0.05, 0) is 24.6 Å². The highest BCUT2D eigenvalue weighted by Crippen LogP contribution is 2.22. The van der Waals surface area contributed by atoms with Crippen LogP contribution in [0.3, 0.4) is 0 Å². The quantitative estimate of drug-likeness (QED) is 0.760. The number of hydrogen-bond donors (Lipinski definition) is 1. The molecule has 2 aromatic heterocycles. The Morgan fingerprint density at radius 1 is 1.05 bits per heavy atom. The van der Waals surface area contributed by atoms with Gasteiger partial charge in [-0.2, -0.15) is 0 Å². The number of pyridine rings is 1. The van der Waals surface area contributed by atoms with Gasteiger partial charge in [-0.15, -0.1) is 0 Å². The molecule has 0 radical (unpaired) electrons. The third kappa shape index (κ3) is 2.30. The number of aliphatic hydroxyl groups is 1. The van der Waals surface area contributed by atoms with Crippen LogP contribution in [0.2, 0.25) is 0 Å². The molecule has 19 heavy (non-hydrogen) atoms. The van der Waals surface area contributed by atoms with E-state index >= 15 is 0 Å². The maximum atomic E-state index is 10.3. The van der Waals surface area contributed by atoms with Gasteiger partial charge in [0, 0.05) is 17.8 Å². The molecule has 3 aromatic rings. The first-order valence-corrected chi connectivity index (χ1v) is 6.05. The Hall–Kier alpha value is -2.33. The third-order valence-corrected chi connectivity index (χ3v) is 3.03. The normalized spacial score (nSPS) is 12.5. The highest BCUT2D eigenvalue weighted by atomic mass is 16.3. The van der Waals surface area contributed by atoms with E-state index in [4.69, 9.17) is 0 Å². The summed E-state index contributed by atoms with van der Waals surface area (Å²) < 4.78 is 0. The number of hydrogen-bond acceptors (Lipinski definition) is 4. The maximum absolute atomic E-state index is 10.3. The molecule has 3 rings (SSSR count). The van der Waals surface area contributed by atoms with Crippen molar-refractivity contribution in [3.8, 4) is 0 Å². The van der Waals surface area contributed by atoms with E-state index in [-0.39, 0.29) is 0 Å². The van der Waals surface area contributed by atoms with Gasteiger partial charge in [0.25, 0.3) is 0 Å². The Balaban J connectivity index is 2.01. The first-order valence-electron chi connectivity index (χ1n) is 6.05. The standard InChI is InChI=1S/C15H13N3O/c1-10-8-18-14(9-17-10)15(19)12-5-4-11-3-2-6-16-13(11)7-12/h2-9,15,19H,1H3. The molecule has 2 heterocycles. The first kappa shape index (κ1) is 11.7. The monoisotopic (exact) mass is 251 g/mol. The Kier molecular flexibility index (Phi) is 2.93. The minimum absolute atomic E-state index is 0.542. The van der Waals surface area contributed by atoms with Crippen LogP contribution in [0.25, 0.3) is 10.9 Å². The molecule has 1 aromatic carbocycles. The smallest absolute Gasteiger partial charge is 0.123 e. The van der Waals surface area contributed by atoms with Crippen molar-refractivity contribution in [1.82, 2.24) is 15.0 Å². The fraction of sp³-hybridized carbons (Fsp3) is 0.133. The lowest BCUT2D eigenvalue weighted by Crippen LogP contribution is -2.03. The van der Waals surface area contributed by atoms with Crippen LogP contribution in [0, 0.1) is 6.92 Å². The molecule has 1 N–H and O–H groups in total. The second kappa shape index (κ2) is 4.74. The predicted molar refractivity (Wildman–Crippen MR) is 72.6 cm³/mol. The van der Waals surface area contributed by atoms with Crippen molar-refractivity contribution in [2.24, 2.45) is 0 Å². The summed E-state index contributed by atoms with van der Waals surface area (Å²) in [5.41, 5.74) is 3.00. The fourth-order valence-electron chi connectivity index (χ4n) is 1.97. The van der Waals surface area contributed by atoms with Gasteiger partial charge in [0.05, 0.1) is 23.1 Å². The van der Waals surface area contributed by atoms with E-state index in [1.54, 1.807) is 18.6 Å². The Morgan fingerprint density at radius 2 is 1.95 bits per heavy atom. The van der Waals surface area contributed by atoms with Gasteiger partial charge in [0.1, 0.15) is 6.10 Å². The van der Waals surface area contributed by atoms with Crippen molar-refractivity contribution in [1.29, 1.82) is 0 Å². The zero-order valence-corrected chi connectivity index (χ0v) is 10.5. The molecular formula is C15H13N3O. The SMILES string of the molecule is Cc1cnc(C(O)c2ccc3cccnc3c2)cn1. The number of aromatic nitrogens is 3. The summed E-state index contributed by atoms with van der Waals surface area (Å²) in [5, 5.41) is 11.4. The zero-order chi connectivity index (χ0) is 13.2. The lowest BCUT2D eigenvalue weighted by Gasteiger charge is -2.10. The Bertz CT molecular complexity index is 710. The summed E-state index contributed by atoms with van der Waals surface area (Å²) >= 11 is 0. The van der Waals surface area contributed by atoms with E-state index in [1.165, 1.54) is 0 Å². The lowest BCUT2D eigenvalue weighted by molar-refractivity contribution is 0.215. The number of rotatable bonds is 2. The van der Waals surface area contributed by atoms with E-state index in [2.05, 4.69) is 15.0 Å². The van der Waals surface area contributed by atoms with Gasteiger partial charge in [-0.1, -0.05) is 18.2 Å². The van der Waals surface area contributed by atoms with E-state index in [0.717, 1.165) is 22.2 Å². The fourth-order valence-corrected chi connectivity index (χ4v) is 1.97. The number of benzene rings is 1. The van der Waals surface area contributed by atoms with Crippen LogP contribution in [-0.4, -0.2) is 20.1 Å². The largest absolute Gasteiger partial charge is 0.382 e. The third-order valence-electron chi connectivity index (χ3n) is 3.03. The van der Waals surface area contributed by atoms with Gasteiger partial charge < -0.3 is 5.11 Å². The van der Waals surface area contributed by atoms with Crippen LogP contribution in [-0.2, 0) is 0 Å². The number of nitrogens with zero attached hydrogens (tertiary/aromatic N) is 3. The van der Waals surface area contributed by atoms with Crippen molar-refractivity contribution >= 4 is 10.9 Å². The van der Waals surface area contributed by atoms with Gasteiger partial charge >= 0.3 is 0 Å². The summed E-state index contributed by atoms with van der Waals surface area (Å²) in [5.74, 6) is 0. The molecule has 0 aliphatic heterocycles. The van der Waals surface area contributed by atoms with Gasteiger partial charge in [0.2, 0.25) is 0 Å². The van der Waals surface area contributed by atoms with E-state index < -0.39 is 6.10 Å². The van der Waals surface area contributed by atoms with Crippen LogP contribution in [0.15, 0.2) is 48.9 Å². The van der Waals surface area contributed by atoms with E-state index in [0.29, 0.717) is 5.69 Å². The minimum atomic E-state index is -0.778. The molecule has 0 bridgehead atoms. The van der Waals surface area contributed by atoms with E-state index in [1.807, 2.05) is 37.3 Å². The molecule has 1 unspecified atom stereocenters. The second-order valence-corrected chi connectivity index (χ2v) is 4.44. The van der Waals surface area contributed by atoms with Crippen molar-refractivity contribution in [2.45, 2.75) is 13.0 Å². The highest BCUT2D eigenvalue weighted by molar-refractivity contribution is 5.79. The van der Waals surface area contributed by atoms with Gasteiger partial charge in [0.15, 0.2) is 0 Å². The molecule has 0 saturated heterocycles. The second-order valence-electron chi connectivity index (χ2n) is 4.44. The van der Waals surface area contributed by atoms with Gasteiger partial charge in [-0.25, -0.2) is 0 Å². The van der Waals surface area contributed by atoms with Crippen LogP contribution < -0.4 is 0 Å². The highest BCUT2D eigenvalue weighted by Gasteiger charge is 2.12. The van der Waals surface area contributed by atoms with Crippen LogP contribution in [0.5, 0.6) is 0 Å². The number of aryl methyl sites for hydroxylation is 1. The summed E-state index contributed by atoms with van der Waals surface area (Å²) in [7, 11) is 0. The summed E-state index contributed by atoms with van der Waals surface area (Å²) in [4.78, 5) is 12.6. The number of aliphatic hydroxyl groups excluding tert-OH is 1. The number of fused-ring (bicyclic) bond motifs is 1. The van der Waals surface area contributed by atoms with Crippen molar-refractivity contribution < 1.29 is 5.11 Å². The minimum Gasteiger partial charge on any atom is -0.382 e. The Labute approximate surface area is 110 Å². The van der Waals surface area contributed by atoms with Crippen LogP contribution in [0.1, 0.15) is 23.1 Å². The van der Waals surface area contributed by atoms with Crippen molar-refractivity contribution in [3.05, 3.63) is 65.9 Å². The average Bonchev–Trinajstić information content (AvgIpc) is 2.47. The molecule has 0 fully saturated rings. The molecule has 0 amide bonds. The van der Waals surface area contributed by atoms with Crippen molar-refractivity contribution in [2.75, 3.05) is 0 Å². The lowest BCUT2D eigenvalue weighted by atomic mass is 10.0. The average molecular weight is 251 g/mol. The first-order chi connectivity index (χ1) is 9.24. The van der Waals surface area contributed by atoms with Crippen LogP contribution in [0.4, 0.5) is 0 Å². The summed E-state index contributed by atoms with van der Waals surface area (Å²) in [6.45, 7) is 1.86. The predicted octanol–water partition coefficient (Wildman–Crippen LogP) is 2.41. The van der Waals surface area contributed by atoms with Crippen molar-refractivity contribution in [3.63, 3.8) is 0 Å². The van der Waals surface area contributed by atoms with Gasteiger partial charge in [-0.3, -0.25) is 15.0 Å². The summed E-state index contributed by atoms with van der Waals surface area (Å²) in [6, 6.07) is 9.59. The topological polar surface area (TPSA) is 58.9 Å². The molecule has 0 saturated carbocycles. The summed E-state index contributed by atoms with van der Waals surface area (Å²) in [6.07, 6.45) is 4.21. The van der Waals surface area contributed by atoms with E-state index in [9.17, 15) is 5.11 Å². The molecule has 4 nitrogen and oxygen atoms in total. The molecule has 4 heteroatoms. The maximum Gasteiger partial charge on any atom is 0.123 e. The van der Waals surface area contributed by atoms with Crippen LogP contribution >= 0.6 is 0 Å². The molecule has 0 aliphatic carbocycles. The molecular weight excluding hydrogens is 238 g/mol. The molecule has 0 aliphatic rings.